The third-order valence-electron chi connectivity index (χ3n) is 3.86. The SMILES string of the molecule is COc1ccccc1NC(=O)[C@@H]1[C@@H](c2ccccc2)C1(Cl)Cl. The number of halogens is 2. The van der Waals surface area contributed by atoms with Gasteiger partial charge in [-0.1, -0.05) is 42.5 Å². The van der Waals surface area contributed by atoms with Gasteiger partial charge in [0.15, 0.2) is 0 Å². The number of para-hydroxylation sites is 2. The second kappa shape index (κ2) is 5.82. The Morgan fingerprint density at radius 3 is 2.41 bits per heavy atom. The molecular formula is C17H15Cl2NO2. The average Bonchev–Trinajstić information content (AvgIpc) is 3.11. The van der Waals surface area contributed by atoms with Crippen LogP contribution in [0.25, 0.3) is 0 Å². The van der Waals surface area contributed by atoms with Gasteiger partial charge >= 0.3 is 0 Å². The van der Waals surface area contributed by atoms with Crippen LogP contribution < -0.4 is 10.1 Å². The number of nitrogens with one attached hydrogen (secondary N) is 1. The fourth-order valence-corrected chi connectivity index (χ4v) is 3.51. The molecule has 0 radical (unpaired) electrons. The van der Waals surface area contributed by atoms with Gasteiger partial charge in [0.2, 0.25) is 5.91 Å². The van der Waals surface area contributed by atoms with Crippen LogP contribution in [0.1, 0.15) is 11.5 Å². The molecule has 0 aliphatic heterocycles. The molecule has 1 fully saturated rings. The van der Waals surface area contributed by atoms with Crippen molar-refractivity contribution < 1.29 is 9.53 Å². The number of hydrogen-bond donors (Lipinski definition) is 1. The molecule has 0 saturated heterocycles. The predicted molar refractivity (Wildman–Crippen MR) is 88.7 cm³/mol. The molecular weight excluding hydrogens is 321 g/mol. The topological polar surface area (TPSA) is 38.3 Å². The quantitative estimate of drug-likeness (QED) is 0.849. The lowest BCUT2D eigenvalue weighted by molar-refractivity contribution is -0.117. The van der Waals surface area contributed by atoms with Crippen LogP contribution in [0.5, 0.6) is 5.75 Å². The van der Waals surface area contributed by atoms with E-state index < -0.39 is 10.3 Å². The molecule has 1 N–H and O–H groups in total. The summed E-state index contributed by atoms with van der Waals surface area (Å²) >= 11 is 12.6. The standard InChI is InChI=1S/C17H15Cl2NO2/c1-22-13-10-6-5-9-12(13)20-16(21)15-14(17(15,18)19)11-7-3-2-4-8-11/h2-10,14-15H,1H3,(H,20,21)/t14-,15+/m1/s1. The lowest BCUT2D eigenvalue weighted by atomic mass is 10.1. The number of hydrogen-bond acceptors (Lipinski definition) is 2. The minimum absolute atomic E-state index is 0.202. The molecule has 1 saturated carbocycles. The maximum Gasteiger partial charge on any atom is 0.231 e. The van der Waals surface area contributed by atoms with E-state index in [9.17, 15) is 4.79 Å². The molecule has 5 heteroatoms. The highest BCUT2D eigenvalue weighted by atomic mass is 35.5. The van der Waals surface area contributed by atoms with Crippen LogP contribution in [0.3, 0.4) is 0 Å². The van der Waals surface area contributed by atoms with Gasteiger partial charge in [-0.15, -0.1) is 23.2 Å². The zero-order chi connectivity index (χ0) is 15.7. The lowest BCUT2D eigenvalue weighted by Crippen LogP contribution is -2.17. The summed E-state index contributed by atoms with van der Waals surface area (Å²) in [6.07, 6.45) is 0. The van der Waals surface area contributed by atoms with Gasteiger partial charge in [-0.3, -0.25) is 4.79 Å². The first kappa shape index (κ1) is 15.2. The number of methoxy groups -OCH3 is 1. The molecule has 1 amide bonds. The summed E-state index contributed by atoms with van der Waals surface area (Å²) in [7, 11) is 1.56. The van der Waals surface area contributed by atoms with Crippen molar-refractivity contribution in [2.75, 3.05) is 12.4 Å². The Morgan fingerprint density at radius 1 is 1.09 bits per heavy atom. The molecule has 0 unspecified atom stereocenters. The highest BCUT2D eigenvalue weighted by Crippen LogP contribution is 2.65. The monoisotopic (exact) mass is 335 g/mol. The van der Waals surface area contributed by atoms with E-state index >= 15 is 0 Å². The molecule has 0 aromatic heterocycles. The molecule has 2 atom stereocenters. The summed E-state index contributed by atoms with van der Waals surface area (Å²) < 4.78 is 4.15. The minimum Gasteiger partial charge on any atom is -0.495 e. The smallest absolute Gasteiger partial charge is 0.231 e. The van der Waals surface area contributed by atoms with Gasteiger partial charge in [0.1, 0.15) is 10.1 Å². The van der Waals surface area contributed by atoms with Gasteiger partial charge < -0.3 is 10.1 Å². The number of amides is 1. The van der Waals surface area contributed by atoms with Crippen molar-refractivity contribution in [2.45, 2.75) is 10.3 Å². The molecule has 0 heterocycles. The predicted octanol–water partition coefficient (Wildman–Crippen LogP) is 4.22. The average molecular weight is 336 g/mol. The van der Waals surface area contributed by atoms with Crippen LogP contribution in [-0.4, -0.2) is 17.4 Å². The van der Waals surface area contributed by atoms with E-state index in [1.54, 1.807) is 19.2 Å². The van der Waals surface area contributed by atoms with Crippen LogP contribution >= 0.6 is 23.2 Å². The van der Waals surface area contributed by atoms with Crippen molar-refractivity contribution in [3.8, 4) is 5.75 Å². The molecule has 1 aliphatic rings. The number of ether oxygens (including phenoxy) is 1. The van der Waals surface area contributed by atoms with E-state index in [1.165, 1.54) is 0 Å². The molecule has 1 aliphatic carbocycles. The van der Waals surface area contributed by atoms with Crippen LogP contribution in [0.2, 0.25) is 0 Å². The van der Waals surface area contributed by atoms with E-state index in [1.807, 2.05) is 42.5 Å². The van der Waals surface area contributed by atoms with Gasteiger partial charge in [-0.2, -0.15) is 0 Å². The number of alkyl halides is 2. The lowest BCUT2D eigenvalue weighted by Gasteiger charge is -2.09. The van der Waals surface area contributed by atoms with E-state index in [-0.39, 0.29) is 11.8 Å². The normalized spacial score (nSPS) is 22.0. The Labute approximate surface area is 139 Å². The first-order chi connectivity index (χ1) is 10.6. The second-order valence-corrected chi connectivity index (χ2v) is 6.67. The van der Waals surface area contributed by atoms with Crippen LogP contribution in [-0.2, 0) is 4.79 Å². The molecule has 3 nitrogen and oxygen atoms in total. The van der Waals surface area contributed by atoms with Crippen molar-refractivity contribution in [1.82, 2.24) is 0 Å². The second-order valence-electron chi connectivity index (χ2n) is 5.23. The first-order valence-electron chi connectivity index (χ1n) is 6.92. The van der Waals surface area contributed by atoms with E-state index in [0.717, 1.165) is 5.56 Å². The first-order valence-corrected chi connectivity index (χ1v) is 7.68. The Hall–Kier alpha value is -1.71. The zero-order valence-corrected chi connectivity index (χ0v) is 13.4. The van der Waals surface area contributed by atoms with Crippen molar-refractivity contribution in [3.05, 3.63) is 60.2 Å². The third kappa shape index (κ3) is 2.67. The molecule has 0 bridgehead atoms. The number of carbonyl (C=O) groups is 1. The Balaban J connectivity index is 1.79. The van der Waals surface area contributed by atoms with Crippen molar-refractivity contribution in [2.24, 2.45) is 5.92 Å². The largest absolute Gasteiger partial charge is 0.495 e. The molecule has 0 spiro atoms. The fourth-order valence-electron chi connectivity index (χ4n) is 2.69. The summed E-state index contributed by atoms with van der Waals surface area (Å²) in [5.41, 5.74) is 1.57. The molecule has 114 valence electrons. The van der Waals surface area contributed by atoms with Crippen LogP contribution in [0.4, 0.5) is 5.69 Å². The van der Waals surface area contributed by atoms with Crippen molar-refractivity contribution in [3.63, 3.8) is 0 Å². The van der Waals surface area contributed by atoms with E-state index in [2.05, 4.69) is 5.32 Å². The number of benzene rings is 2. The molecule has 22 heavy (non-hydrogen) atoms. The van der Waals surface area contributed by atoms with Crippen molar-refractivity contribution in [1.29, 1.82) is 0 Å². The van der Waals surface area contributed by atoms with E-state index in [4.69, 9.17) is 27.9 Å². The summed E-state index contributed by atoms with van der Waals surface area (Å²) in [4.78, 5) is 12.5. The van der Waals surface area contributed by atoms with Gasteiger partial charge in [0, 0.05) is 5.92 Å². The summed E-state index contributed by atoms with van der Waals surface area (Å²) in [6, 6.07) is 16.8. The summed E-state index contributed by atoms with van der Waals surface area (Å²) in [6.45, 7) is 0. The zero-order valence-electron chi connectivity index (χ0n) is 11.9. The Bertz CT molecular complexity index is 688. The maximum absolute atomic E-state index is 12.5. The molecule has 2 aromatic rings. The molecule has 2 aromatic carbocycles. The van der Waals surface area contributed by atoms with Gasteiger partial charge in [-0.05, 0) is 17.7 Å². The van der Waals surface area contributed by atoms with Crippen LogP contribution in [0, 0.1) is 5.92 Å². The highest BCUT2D eigenvalue weighted by Gasteiger charge is 2.67. The highest BCUT2D eigenvalue weighted by molar-refractivity contribution is 6.53. The number of rotatable bonds is 4. The summed E-state index contributed by atoms with van der Waals surface area (Å²) in [5.74, 6) is -0.291. The number of anilines is 1. The summed E-state index contributed by atoms with van der Waals surface area (Å²) in [5, 5.41) is 2.85. The number of carbonyl (C=O) groups excluding carboxylic acids is 1. The van der Waals surface area contributed by atoms with Gasteiger partial charge in [0.25, 0.3) is 0 Å². The third-order valence-corrected chi connectivity index (χ3v) is 4.80. The van der Waals surface area contributed by atoms with E-state index in [0.29, 0.717) is 11.4 Å². The van der Waals surface area contributed by atoms with Gasteiger partial charge in [0.05, 0.1) is 18.7 Å². The Morgan fingerprint density at radius 2 is 1.73 bits per heavy atom. The maximum atomic E-state index is 12.5. The Kier molecular flexibility index (Phi) is 4.02. The van der Waals surface area contributed by atoms with Gasteiger partial charge in [-0.25, -0.2) is 0 Å². The van der Waals surface area contributed by atoms with Crippen molar-refractivity contribution >= 4 is 34.8 Å². The minimum atomic E-state index is -1.08. The molecule has 3 rings (SSSR count). The fraction of sp³-hybridized carbons (Fsp3) is 0.235. The van der Waals surface area contributed by atoms with Crippen LogP contribution in [0.15, 0.2) is 54.6 Å².